The fraction of sp³-hybridized carbons (Fsp3) is 0.667. The Kier molecular flexibility index (Phi) is 3.67. The summed E-state index contributed by atoms with van der Waals surface area (Å²) in [6.07, 6.45) is 4.82. The van der Waals surface area contributed by atoms with Crippen molar-refractivity contribution >= 4 is 6.08 Å². The van der Waals surface area contributed by atoms with Gasteiger partial charge in [-0.1, -0.05) is 0 Å². The van der Waals surface area contributed by atoms with Gasteiger partial charge in [-0.3, -0.25) is 0 Å². The molecule has 0 fully saturated rings. The van der Waals surface area contributed by atoms with E-state index < -0.39 is 0 Å². The molecule has 0 unspecified atom stereocenters. The van der Waals surface area contributed by atoms with Crippen LogP contribution < -0.4 is 0 Å². The largest absolute Gasteiger partial charge is 0.234 e. The lowest BCUT2D eigenvalue weighted by molar-refractivity contribution is 0.540. The molecule has 6 heteroatoms. The molecule has 1 rings (SSSR count). The van der Waals surface area contributed by atoms with Crippen LogP contribution in [0.25, 0.3) is 0 Å². The Balaban J connectivity index is 2.07. The number of unbranched alkanes of at least 4 members (excludes halogenated alkanes) is 1. The first-order chi connectivity index (χ1) is 5.93. The van der Waals surface area contributed by atoms with Crippen LogP contribution in [0.3, 0.4) is 0 Å². The fourth-order valence-corrected chi connectivity index (χ4v) is 0.793. The van der Waals surface area contributed by atoms with Gasteiger partial charge in [-0.05, 0) is 23.3 Å². The number of hydrogen-bond acceptors (Lipinski definition) is 5. The normalized spacial score (nSPS) is 9.33. The Morgan fingerprint density at radius 1 is 1.50 bits per heavy atom. The van der Waals surface area contributed by atoms with E-state index in [4.69, 9.17) is 0 Å². The minimum Gasteiger partial charge on any atom is -0.233 e. The van der Waals surface area contributed by atoms with Crippen LogP contribution >= 0.6 is 0 Å². The predicted molar refractivity (Wildman–Crippen MR) is 40.0 cm³/mol. The number of aliphatic imine (C=N–C) groups is 1. The van der Waals surface area contributed by atoms with Gasteiger partial charge in [0.25, 0.3) is 0 Å². The van der Waals surface area contributed by atoms with Crippen molar-refractivity contribution in [1.29, 1.82) is 0 Å². The first-order valence-electron chi connectivity index (χ1n) is 3.68. The number of rotatable bonds is 5. The third-order valence-corrected chi connectivity index (χ3v) is 1.36. The van der Waals surface area contributed by atoms with Gasteiger partial charge in [0.2, 0.25) is 6.08 Å². The zero-order valence-electron chi connectivity index (χ0n) is 6.55. The van der Waals surface area contributed by atoms with Crippen LogP contribution in [-0.4, -0.2) is 32.8 Å². The van der Waals surface area contributed by atoms with Gasteiger partial charge in [-0.25, -0.2) is 14.5 Å². The quantitative estimate of drug-likeness (QED) is 0.345. The van der Waals surface area contributed by atoms with Crippen molar-refractivity contribution in [3.63, 3.8) is 0 Å². The second-order valence-corrected chi connectivity index (χ2v) is 2.25. The van der Waals surface area contributed by atoms with Crippen molar-refractivity contribution in [2.75, 3.05) is 6.54 Å². The standard InChI is InChI=1S/C6H9N5O/c12-6-7-3-1-2-4-11-5-8-9-10-11/h5H,1-4H2. The van der Waals surface area contributed by atoms with E-state index >= 15 is 0 Å². The second kappa shape index (κ2) is 5.15. The molecular weight excluding hydrogens is 158 g/mol. The van der Waals surface area contributed by atoms with Crippen LogP contribution in [0.4, 0.5) is 0 Å². The van der Waals surface area contributed by atoms with E-state index in [1.54, 1.807) is 11.0 Å². The molecule has 0 aliphatic carbocycles. The summed E-state index contributed by atoms with van der Waals surface area (Å²) in [7, 11) is 0. The van der Waals surface area contributed by atoms with Crippen LogP contribution in [0.1, 0.15) is 12.8 Å². The molecule has 64 valence electrons. The molecule has 0 saturated carbocycles. The summed E-state index contributed by atoms with van der Waals surface area (Å²) >= 11 is 0. The van der Waals surface area contributed by atoms with Crippen molar-refractivity contribution in [2.24, 2.45) is 4.99 Å². The zero-order chi connectivity index (χ0) is 8.65. The summed E-state index contributed by atoms with van der Waals surface area (Å²) in [6.45, 7) is 1.30. The van der Waals surface area contributed by atoms with Gasteiger partial charge in [-0.2, -0.15) is 0 Å². The Morgan fingerprint density at radius 2 is 2.42 bits per heavy atom. The Hall–Kier alpha value is -1.55. The molecule has 1 aromatic rings. The minimum atomic E-state index is 0.533. The number of isocyanates is 1. The van der Waals surface area contributed by atoms with E-state index in [2.05, 4.69) is 20.5 Å². The maximum atomic E-state index is 9.67. The van der Waals surface area contributed by atoms with Crippen LogP contribution in [0.5, 0.6) is 0 Å². The highest BCUT2D eigenvalue weighted by molar-refractivity contribution is 5.32. The van der Waals surface area contributed by atoms with Crippen molar-refractivity contribution in [3.05, 3.63) is 6.33 Å². The van der Waals surface area contributed by atoms with E-state index in [-0.39, 0.29) is 0 Å². The third kappa shape index (κ3) is 3.03. The summed E-state index contributed by atoms with van der Waals surface area (Å²) in [4.78, 5) is 13.1. The van der Waals surface area contributed by atoms with Gasteiger partial charge in [0.15, 0.2) is 0 Å². The number of hydrogen-bond donors (Lipinski definition) is 0. The number of aromatic nitrogens is 4. The van der Waals surface area contributed by atoms with Crippen LogP contribution in [0, 0.1) is 0 Å². The lowest BCUT2D eigenvalue weighted by Crippen LogP contribution is -1.99. The van der Waals surface area contributed by atoms with Gasteiger partial charge >= 0.3 is 0 Å². The maximum Gasteiger partial charge on any atom is 0.234 e. The van der Waals surface area contributed by atoms with Gasteiger partial charge < -0.3 is 0 Å². The summed E-state index contributed by atoms with van der Waals surface area (Å²) < 4.78 is 1.64. The molecule has 0 amide bonds. The van der Waals surface area contributed by atoms with Crippen molar-refractivity contribution < 1.29 is 4.79 Å². The summed E-state index contributed by atoms with van der Waals surface area (Å²) in [6, 6.07) is 0. The van der Waals surface area contributed by atoms with Crippen molar-refractivity contribution in [2.45, 2.75) is 19.4 Å². The topological polar surface area (TPSA) is 73.0 Å². The van der Waals surface area contributed by atoms with Crippen LogP contribution in [0.2, 0.25) is 0 Å². The van der Waals surface area contributed by atoms with E-state index in [0.29, 0.717) is 6.54 Å². The molecule has 0 bridgehead atoms. The van der Waals surface area contributed by atoms with Crippen molar-refractivity contribution in [1.82, 2.24) is 20.2 Å². The molecule has 0 aliphatic heterocycles. The van der Waals surface area contributed by atoms with Gasteiger partial charge in [0.1, 0.15) is 6.33 Å². The van der Waals surface area contributed by atoms with E-state index in [1.807, 2.05) is 0 Å². The Labute approximate surface area is 69.3 Å². The highest BCUT2D eigenvalue weighted by atomic mass is 16.1. The highest BCUT2D eigenvalue weighted by Crippen LogP contribution is 1.91. The lowest BCUT2D eigenvalue weighted by atomic mass is 10.3. The highest BCUT2D eigenvalue weighted by Gasteiger charge is 1.91. The molecule has 1 heterocycles. The summed E-state index contributed by atoms with van der Waals surface area (Å²) in [5.41, 5.74) is 0. The molecule has 0 spiro atoms. The minimum absolute atomic E-state index is 0.533. The zero-order valence-corrected chi connectivity index (χ0v) is 6.55. The monoisotopic (exact) mass is 167 g/mol. The van der Waals surface area contributed by atoms with Gasteiger partial charge in [0.05, 0.1) is 6.54 Å². The van der Waals surface area contributed by atoms with E-state index in [9.17, 15) is 4.79 Å². The first-order valence-corrected chi connectivity index (χ1v) is 3.68. The first kappa shape index (κ1) is 8.55. The molecule has 0 aliphatic rings. The average molecular weight is 167 g/mol. The number of tetrazole rings is 1. The third-order valence-electron chi connectivity index (χ3n) is 1.36. The van der Waals surface area contributed by atoms with E-state index in [1.165, 1.54) is 6.08 Å². The molecule has 12 heavy (non-hydrogen) atoms. The molecular formula is C6H9N5O. The molecule has 0 radical (unpaired) electrons. The van der Waals surface area contributed by atoms with Crippen LogP contribution in [0.15, 0.2) is 11.3 Å². The molecule has 1 aromatic heterocycles. The molecule has 0 atom stereocenters. The SMILES string of the molecule is O=C=NCCCCn1cnnn1. The molecule has 0 aromatic carbocycles. The van der Waals surface area contributed by atoms with Gasteiger partial charge in [-0.15, -0.1) is 5.10 Å². The summed E-state index contributed by atoms with van der Waals surface area (Å²) in [5, 5.41) is 10.6. The maximum absolute atomic E-state index is 9.67. The average Bonchev–Trinajstić information content (AvgIpc) is 2.57. The van der Waals surface area contributed by atoms with E-state index in [0.717, 1.165) is 19.4 Å². The fourth-order valence-electron chi connectivity index (χ4n) is 0.793. The Morgan fingerprint density at radius 3 is 3.08 bits per heavy atom. The van der Waals surface area contributed by atoms with Crippen LogP contribution in [-0.2, 0) is 11.3 Å². The van der Waals surface area contributed by atoms with Crippen molar-refractivity contribution in [3.8, 4) is 0 Å². The molecule has 0 saturated heterocycles. The lowest BCUT2D eigenvalue weighted by Gasteiger charge is -1.95. The van der Waals surface area contributed by atoms with Gasteiger partial charge in [0, 0.05) is 6.54 Å². The molecule has 0 N–H and O–H groups in total. The second-order valence-electron chi connectivity index (χ2n) is 2.25. The smallest absolute Gasteiger partial charge is 0.233 e. The number of aryl methyl sites for hydroxylation is 1. The number of nitrogens with zero attached hydrogens (tertiary/aromatic N) is 5. The Bertz CT molecular complexity index is 251. The predicted octanol–water partition coefficient (Wildman–Crippen LogP) is -0.211. The molecule has 6 nitrogen and oxygen atoms in total. The summed E-state index contributed by atoms with van der Waals surface area (Å²) in [5.74, 6) is 0. The number of carbonyl (C=O) groups excluding carboxylic acids is 1.